The van der Waals surface area contributed by atoms with Crippen LogP contribution in [0, 0.1) is 6.92 Å². The van der Waals surface area contributed by atoms with E-state index in [1.54, 1.807) is 13.2 Å². The summed E-state index contributed by atoms with van der Waals surface area (Å²) in [5.74, 6) is -0.301. The molecule has 6 nitrogen and oxygen atoms in total. The van der Waals surface area contributed by atoms with Gasteiger partial charge in [0.15, 0.2) is 11.3 Å². The van der Waals surface area contributed by atoms with Crippen LogP contribution in [0.25, 0.3) is 11.0 Å². The molecule has 0 bridgehead atoms. The molecular weight excluding hydrogens is 336 g/mol. The second kappa shape index (κ2) is 7.11. The Hall–Kier alpha value is -2.34. The summed E-state index contributed by atoms with van der Waals surface area (Å²) in [7, 11) is 0. The lowest BCUT2D eigenvalue weighted by Gasteiger charge is -2.30. The van der Waals surface area contributed by atoms with Crippen LogP contribution in [0.5, 0.6) is 5.75 Å². The highest BCUT2D eigenvalue weighted by Gasteiger charge is 2.33. The van der Waals surface area contributed by atoms with Gasteiger partial charge in [0.2, 0.25) is 0 Å². The number of aryl methyl sites for hydroxylation is 1. The lowest BCUT2D eigenvalue weighted by atomic mass is 9.78. The predicted molar refractivity (Wildman–Crippen MR) is 95.1 cm³/mol. The third-order valence-electron chi connectivity index (χ3n) is 4.89. The highest BCUT2D eigenvalue weighted by molar-refractivity contribution is 5.94. The average molecular weight is 360 g/mol. The van der Waals surface area contributed by atoms with Gasteiger partial charge in [0.1, 0.15) is 6.61 Å². The molecule has 26 heavy (non-hydrogen) atoms. The molecule has 0 radical (unpaired) electrons. The number of aliphatic hydroxyl groups is 1. The molecule has 2 unspecified atom stereocenters. The van der Waals surface area contributed by atoms with Crippen molar-refractivity contribution in [2.75, 3.05) is 0 Å². The summed E-state index contributed by atoms with van der Waals surface area (Å²) < 4.78 is 16.6. The Balaban J connectivity index is 2.30. The maximum absolute atomic E-state index is 12.0. The predicted octanol–water partition coefficient (Wildman–Crippen LogP) is 3.53. The average Bonchev–Trinajstić information content (AvgIpc) is 2.95. The van der Waals surface area contributed by atoms with Crippen molar-refractivity contribution in [3.8, 4) is 5.75 Å². The molecule has 0 saturated heterocycles. The van der Waals surface area contributed by atoms with Crippen molar-refractivity contribution in [2.24, 2.45) is 0 Å². The Labute approximate surface area is 152 Å². The third kappa shape index (κ3) is 3.21. The number of fused-ring (bicyclic) bond motifs is 2. The van der Waals surface area contributed by atoms with Crippen LogP contribution in [0.3, 0.4) is 0 Å². The molecule has 1 heterocycles. The highest BCUT2D eigenvalue weighted by atomic mass is 16.5. The number of carbonyl (C=O) groups is 2. The van der Waals surface area contributed by atoms with Crippen molar-refractivity contribution in [2.45, 2.75) is 65.6 Å². The van der Waals surface area contributed by atoms with Gasteiger partial charge in [0.25, 0.3) is 0 Å². The molecule has 2 atom stereocenters. The quantitative estimate of drug-likeness (QED) is 0.663. The third-order valence-corrected chi connectivity index (χ3v) is 4.89. The summed E-state index contributed by atoms with van der Waals surface area (Å²) in [4.78, 5) is 23.4. The van der Waals surface area contributed by atoms with Crippen LogP contribution in [0.1, 0.15) is 61.8 Å². The Bertz CT molecular complexity index is 863. The number of rotatable bonds is 4. The molecule has 0 amide bonds. The van der Waals surface area contributed by atoms with Gasteiger partial charge in [-0.15, -0.1) is 0 Å². The zero-order valence-corrected chi connectivity index (χ0v) is 15.5. The Morgan fingerprint density at radius 1 is 1.38 bits per heavy atom. The molecule has 0 spiro atoms. The second-order valence-corrected chi connectivity index (χ2v) is 6.93. The fourth-order valence-corrected chi connectivity index (χ4v) is 3.82. The van der Waals surface area contributed by atoms with Crippen LogP contribution in [0.4, 0.5) is 0 Å². The number of hydrogen-bond donors (Lipinski definition) is 1. The molecule has 1 aliphatic carbocycles. The highest BCUT2D eigenvalue weighted by Crippen LogP contribution is 2.46. The molecule has 1 aromatic carbocycles. The minimum atomic E-state index is -0.522. The first kappa shape index (κ1) is 18.5. The largest absolute Gasteiger partial charge is 0.461 e. The summed E-state index contributed by atoms with van der Waals surface area (Å²) in [5.41, 5.74) is 3.96. The van der Waals surface area contributed by atoms with E-state index in [9.17, 15) is 14.7 Å². The summed E-state index contributed by atoms with van der Waals surface area (Å²) >= 11 is 0. The van der Waals surface area contributed by atoms with Gasteiger partial charge in [0.05, 0.1) is 12.4 Å². The summed E-state index contributed by atoms with van der Waals surface area (Å²) in [5, 5.41) is 11.1. The van der Waals surface area contributed by atoms with Gasteiger partial charge in [-0.3, -0.25) is 9.59 Å². The molecule has 0 aliphatic heterocycles. The molecule has 1 N–H and O–H groups in total. The van der Waals surface area contributed by atoms with E-state index >= 15 is 0 Å². The van der Waals surface area contributed by atoms with E-state index in [4.69, 9.17) is 13.9 Å². The molecule has 1 aliphatic rings. The van der Waals surface area contributed by atoms with Gasteiger partial charge in [-0.2, -0.15) is 0 Å². The van der Waals surface area contributed by atoms with Crippen molar-refractivity contribution in [1.82, 2.24) is 0 Å². The zero-order chi connectivity index (χ0) is 19.0. The summed E-state index contributed by atoms with van der Waals surface area (Å²) in [6.07, 6.45) is 2.30. The monoisotopic (exact) mass is 360 g/mol. The molecule has 0 saturated carbocycles. The van der Waals surface area contributed by atoms with E-state index in [0.717, 1.165) is 27.6 Å². The molecule has 6 heteroatoms. The van der Waals surface area contributed by atoms with Gasteiger partial charge in [-0.1, -0.05) is 13.8 Å². The topological polar surface area (TPSA) is 86.0 Å². The van der Waals surface area contributed by atoms with E-state index in [2.05, 4.69) is 0 Å². The van der Waals surface area contributed by atoms with E-state index in [1.807, 2.05) is 13.8 Å². The molecule has 0 fully saturated rings. The molecule has 2 aromatic rings. The summed E-state index contributed by atoms with van der Waals surface area (Å²) in [6, 6.07) is 0. The molecular formula is C20H24O6. The molecule has 140 valence electrons. The fourth-order valence-electron chi connectivity index (χ4n) is 3.82. The Kier molecular flexibility index (Phi) is 5.05. The maximum Gasteiger partial charge on any atom is 0.311 e. The van der Waals surface area contributed by atoms with Crippen molar-refractivity contribution in [3.63, 3.8) is 0 Å². The first-order chi connectivity index (χ1) is 12.3. The number of carbonyl (C=O) groups excluding carboxylic acids is 2. The van der Waals surface area contributed by atoms with Gasteiger partial charge in [-0.25, -0.2) is 0 Å². The molecule has 1 aromatic heterocycles. The SMILES string of the molecule is CCC(=O)Oc1c2c(c(COC(C)=O)c3c(C)coc13)C(C)CC(O)C2. The van der Waals surface area contributed by atoms with Crippen LogP contribution in [0.15, 0.2) is 10.7 Å². The molecule has 3 rings (SSSR count). The van der Waals surface area contributed by atoms with E-state index < -0.39 is 6.10 Å². The van der Waals surface area contributed by atoms with Crippen molar-refractivity contribution in [1.29, 1.82) is 0 Å². The van der Waals surface area contributed by atoms with Crippen molar-refractivity contribution >= 4 is 22.9 Å². The number of benzene rings is 1. The standard InChI is InChI=1S/C20H24O6/c1-5-16(23)26-19-14-7-13(22)6-10(2)17(14)15(9-24-12(4)21)18-11(3)8-25-20(18)19/h8,10,13,22H,5-7,9H2,1-4H3. The number of hydrogen-bond acceptors (Lipinski definition) is 6. The van der Waals surface area contributed by atoms with Crippen LogP contribution in [-0.2, 0) is 27.4 Å². The van der Waals surface area contributed by atoms with E-state index in [1.165, 1.54) is 6.92 Å². The van der Waals surface area contributed by atoms with Crippen molar-refractivity contribution in [3.05, 3.63) is 28.5 Å². The van der Waals surface area contributed by atoms with Gasteiger partial charge in [0, 0.05) is 36.3 Å². The number of esters is 2. The smallest absolute Gasteiger partial charge is 0.311 e. The van der Waals surface area contributed by atoms with Crippen LogP contribution in [-0.4, -0.2) is 23.1 Å². The minimum Gasteiger partial charge on any atom is -0.461 e. The Morgan fingerprint density at radius 2 is 2.12 bits per heavy atom. The number of aliphatic hydroxyl groups excluding tert-OH is 1. The normalized spacial score (nSPS) is 19.3. The minimum absolute atomic E-state index is 0.0390. The van der Waals surface area contributed by atoms with Crippen LogP contribution >= 0.6 is 0 Å². The lowest BCUT2D eigenvalue weighted by Crippen LogP contribution is -2.24. The lowest BCUT2D eigenvalue weighted by molar-refractivity contribution is -0.142. The van der Waals surface area contributed by atoms with Crippen LogP contribution in [0.2, 0.25) is 0 Å². The fraction of sp³-hybridized carbons (Fsp3) is 0.500. The first-order valence-corrected chi connectivity index (χ1v) is 8.90. The van der Waals surface area contributed by atoms with E-state index in [0.29, 0.717) is 24.2 Å². The maximum atomic E-state index is 12.0. The zero-order valence-electron chi connectivity index (χ0n) is 15.5. The summed E-state index contributed by atoms with van der Waals surface area (Å²) in [6.45, 7) is 7.15. The van der Waals surface area contributed by atoms with Gasteiger partial charge in [-0.05, 0) is 30.4 Å². The van der Waals surface area contributed by atoms with Gasteiger partial charge >= 0.3 is 11.9 Å². The van der Waals surface area contributed by atoms with Gasteiger partial charge < -0.3 is 19.0 Å². The van der Waals surface area contributed by atoms with Crippen LogP contribution < -0.4 is 4.74 Å². The Morgan fingerprint density at radius 3 is 2.77 bits per heavy atom. The number of ether oxygens (including phenoxy) is 2. The first-order valence-electron chi connectivity index (χ1n) is 8.90. The van der Waals surface area contributed by atoms with E-state index in [-0.39, 0.29) is 30.9 Å². The number of furan rings is 1. The van der Waals surface area contributed by atoms with Crippen molar-refractivity contribution < 1.29 is 28.6 Å². The second-order valence-electron chi connectivity index (χ2n) is 6.93.